The molecule has 0 radical (unpaired) electrons. The van der Waals surface area contributed by atoms with E-state index in [0.717, 1.165) is 34.2 Å². The van der Waals surface area contributed by atoms with Crippen LogP contribution in [0.5, 0.6) is 0 Å². The number of hydrogen-bond acceptors (Lipinski definition) is 4. The van der Waals surface area contributed by atoms with Gasteiger partial charge in [-0.15, -0.1) is 0 Å². The maximum absolute atomic E-state index is 12.9. The lowest BCUT2D eigenvalue weighted by atomic mass is 10.00. The Balaban J connectivity index is 1.66. The smallest absolute Gasteiger partial charge is 0.384 e. The van der Waals surface area contributed by atoms with Crippen molar-refractivity contribution in [1.82, 2.24) is 15.2 Å². The van der Waals surface area contributed by atoms with E-state index in [1.807, 2.05) is 19.9 Å². The van der Waals surface area contributed by atoms with Crippen LogP contribution >= 0.6 is 0 Å². The number of nitrogens with one attached hydrogen (secondary N) is 2. The molecule has 0 unspecified atom stereocenters. The van der Waals surface area contributed by atoms with Gasteiger partial charge in [-0.3, -0.25) is 9.89 Å². The monoisotopic (exact) mass is 425 g/mol. The highest BCUT2D eigenvalue weighted by Gasteiger charge is 2.30. The number of carbonyl (C=O) groups excluding carboxylic acids is 1. The minimum atomic E-state index is -4.52. The normalized spacial score (nSPS) is 11.6. The summed E-state index contributed by atoms with van der Waals surface area (Å²) in [4.78, 5) is 17.1. The number of anilines is 2. The maximum Gasteiger partial charge on any atom is 0.416 e. The lowest BCUT2D eigenvalue weighted by Crippen LogP contribution is -2.14. The highest BCUT2D eigenvalue weighted by atomic mass is 19.4. The average Bonchev–Trinajstić information content (AvgIpc) is 3.11. The second-order valence-corrected chi connectivity index (χ2v) is 7.16. The van der Waals surface area contributed by atoms with Gasteiger partial charge in [0.05, 0.1) is 16.6 Å². The number of halogens is 3. The van der Waals surface area contributed by atoms with Crippen LogP contribution in [0.15, 0.2) is 48.5 Å². The molecule has 0 saturated carbocycles. The molecule has 0 aliphatic carbocycles. The van der Waals surface area contributed by atoms with Crippen molar-refractivity contribution in [3.05, 3.63) is 70.8 Å². The van der Waals surface area contributed by atoms with Gasteiger partial charge in [0.25, 0.3) is 5.91 Å². The second-order valence-electron chi connectivity index (χ2n) is 7.16. The number of amides is 1. The number of nitrogen functional groups attached to an aromatic ring is 1. The van der Waals surface area contributed by atoms with E-state index in [1.54, 1.807) is 18.2 Å². The second kappa shape index (κ2) is 7.42. The van der Waals surface area contributed by atoms with Crippen LogP contribution in [0.25, 0.3) is 22.3 Å². The van der Waals surface area contributed by atoms with Crippen molar-refractivity contribution in [2.24, 2.45) is 0 Å². The third-order valence-corrected chi connectivity index (χ3v) is 5.13. The van der Waals surface area contributed by atoms with Gasteiger partial charge in [-0.1, -0.05) is 18.2 Å². The fourth-order valence-electron chi connectivity index (χ4n) is 3.42. The largest absolute Gasteiger partial charge is 0.416 e. The first-order valence-corrected chi connectivity index (χ1v) is 9.35. The van der Waals surface area contributed by atoms with Crippen LogP contribution in [-0.4, -0.2) is 21.1 Å². The topological polar surface area (TPSA) is 96.7 Å². The van der Waals surface area contributed by atoms with Crippen LogP contribution in [0.1, 0.15) is 27.0 Å². The Hall–Kier alpha value is -3.88. The Bertz CT molecular complexity index is 1310. The number of aromatic nitrogens is 3. The zero-order valence-electron chi connectivity index (χ0n) is 16.6. The predicted molar refractivity (Wildman–Crippen MR) is 113 cm³/mol. The van der Waals surface area contributed by atoms with Crippen molar-refractivity contribution in [1.29, 1.82) is 0 Å². The number of benzene rings is 2. The highest BCUT2D eigenvalue weighted by molar-refractivity contribution is 6.04. The van der Waals surface area contributed by atoms with E-state index in [-0.39, 0.29) is 5.56 Å². The van der Waals surface area contributed by atoms with Gasteiger partial charge in [-0.25, -0.2) is 4.98 Å². The molecule has 0 spiro atoms. The fraction of sp³-hybridized carbons (Fsp3) is 0.136. The lowest BCUT2D eigenvalue weighted by Gasteiger charge is -2.12. The van der Waals surface area contributed by atoms with Crippen molar-refractivity contribution >= 4 is 28.4 Å². The number of nitrogens with zero attached hydrogens (tertiary/aromatic N) is 2. The number of fused-ring (bicyclic) bond motifs is 1. The van der Waals surface area contributed by atoms with Crippen LogP contribution < -0.4 is 11.1 Å². The molecule has 31 heavy (non-hydrogen) atoms. The summed E-state index contributed by atoms with van der Waals surface area (Å²) >= 11 is 0. The SMILES string of the molecule is Cc1c(-c2cccc(NC(=O)c3cccc(C(F)(F)F)c3)c2)nc2n[nH]c(N)c2c1C. The summed E-state index contributed by atoms with van der Waals surface area (Å²) in [6.07, 6.45) is -4.52. The van der Waals surface area contributed by atoms with E-state index in [4.69, 9.17) is 5.73 Å². The fourth-order valence-corrected chi connectivity index (χ4v) is 3.42. The molecule has 158 valence electrons. The van der Waals surface area contributed by atoms with Gasteiger partial charge in [0.1, 0.15) is 5.82 Å². The number of hydrogen-bond donors (Lipinski definition) is 3. The number of nitrogens with two attached hydrogens (primary N) is 1. The number of H-pyrrole nitrogens is 1. The lowest BCUT2D eigenvalue weighted by molar-refractivity contribution is -0.137. The standard InChI is InChI=1S/C22H18F3N5O/c1-11-12(2)18(28-20-17(11)19(26)29-30-20)13-5-4-8-16(10-13)27-21(31)14-6-3-7-15(9-14)22(23,24)25/h3-10H,1-2H3,(H,27,31)(H3,26,28,29,30). The Morgan fingerprint density at radius 1 is 1.06 bits per heavy atom. The van der Waals surface area contributed by atoms with Gasteiger partial charge in [0, 0.05) is 16.8 Å². The summed E-state index contributed by atoms with van der Waals surface area (Å²) in [6, 6.07) is 11.2. The summed E-state index contributed by atoms with van der Waals surface area (Å²) in [6.45, 7) is 3.84. The van der Waals surface area contributed by atoms with E-state index in [2.05, 4.69) is 20.5 Å². The van der Waals surface area contributed by atoms with Crippen molar-refractivity contribution in [2.45, 2.75) is 20.0 Å². The van der Waals surface area contributed by atoms with E-state index >= 15 is 0 Å². The summed E-state index contributed by atoms with van der Waals surface area (Å²) in [5.74, 6) is -0.198. The Labute approximate surface area is 175 Å². The number of pyridine rings is 1. The Kier molecular flexibility index (Phi) is 4.88. The molecule has 1 amide bonds. The molecule has 4 rings (SSSR count). The first-order chi connectivity index (χ1) is 14.6. The summed E-state index contributed by atoms with van der Waals surface area (Å²) < 4.78 is 38.8. The molecule has 0 aliphatic heterocycles. The van der Waals surface area contributed by atoms with Gasteiger partial charge in [-0.05, 0) is 55.3 Å². The molecule has 2 aromatic heterocycles. The third-order valence-electron chi connectivity index (χ3n) is 5.13. The minimum Gasteiger partial charge on any atom is -0.384 e. The highest BCUT2D eigenvalue weighted by Crippen LogP contribution is 2.32. The first-order valence-electron chi connectivity index (χ1n) is 9.35. The van der Waals surface area contributed by atoms with Crippen molar-refractivity contribution < 1.29 is 18.0 Å². The molecular formula is C22H18F3N5O. The Morgan fingerprint density at radius 3 is 2.55 bits per heavy atom. The molecule has 9 heteroatoms. The summed E-state index contributed by atoms with van der Waals surface area (Å²) in [5.41, 5.74) is 9.12. The molecule has 4 aromatic rings. The van der Waals surface area contributed by atoms with Crippen molar-refractivity contribution in [2.75, 3.05) is 11.1 Å². The number of aromatic amines is 1. The van der Waals surface area contributed by atoms with Crippen LogP contribution in [0, 0.1) is 13.8 Å². The molecule has 0 atom stereocenters. The van der Waals surface area contributed by atoms with Crippen LogP contribution in [0.3, 0.4) is 0 Å². The zero-order valence-corrected chi connectivity index (χ0v) is 16.6. The molecule has 2 aromatic carbocycles. The number of alkyl halides is 3. The number of aryl methyl sites for hydroxylation is 1. The minimum absolute atomic E-state index is 0.0844. The van der Waals surface area contributed by atoms with Gasteiger partial charge in [-0.2, -0.15) is 18.3 Å². The molecular weight excluding hydrogens is 407 g/mol. The molecule has 0 aliphatic rings. The van der Waals surface area contributed by atoms with Gasteiger partial charge >= 0.3 is 6.18 Å². The van der Waals surface area contributed by atoms with E-state index in [0.29, 0.717) is 22.8 Å². The number of rotatable bonds is 3. The van der Waals surface area contributed by atoms with Crippen molar-refractivity contribution in [3.8, 4) is 11.3 Å². The summed E-state index contributed by atoms with van der Waals surface area (Å²) in [7, 11) is 0. The van der Waals surface area contributed by atoms with Crippen LogP contribution in [-0.2, 0) is 6.18 Å². The van der Waals surface area contributed by atoms with Gasteiger partial charge < -0.3 is 11.1 Å². The molecule has 0 fully saturated rings. The van der Waals surface area contributed by atoms with Gasteiger partial charge in [0.15, 0.2) is 5.65 Å². The molecule has 2 heterocycles. The van der Waals surface area contributed by atoms with E-state index in [1.165, 1.54) is 12.1 Å². The third kappa shape index (κ3) is 3.81. The summed E-state index contributed by atoms with van der Waals surface area (Å²) in [5, 5.41) is 10.3. The molecule has 0 bridgehead atoms. The molecule has 0 saturated heterocycles. The van der Waals surface area contributed by atoms with Crippen LogP contribution in [0.2, 0.25) is 0 Å². The zero-order chi connectivity index (χ0) is 22.3. The first kappa shape index (κ1) is 20.4. The number of carbonyl (C=O) groups is 1. The maximum atomic E-state index is 12.9. The molecule has 6 nitrogen and oxygen atoms in total. The van der Waals surface area contributed by atoms with Crippen LogP contribution in [0.4, 0.5) is 24.7 Å². The molecule has 4 N–H and O–H groups in total. The average molecular weight is 425 g/mol. The van der Waals surface area contributed by atoms with Gasteiger partial charge in [0.2, 0.25) is 0 Å². The quantitative estimate of drug-likeness (QED) is 0.426. The van der Waals surface area contributed by atoms with E-state index in [9.17, 15) is 18.0 Å². The van der Waals surface area contributed by atoms with E-state index < -0.39 is 17.6 Å². The predicted octanol–water partition coefficient (Wildman–Crippen LogP) is 5.10. The Morgan fingerprint density at radius 2 is 1.81 bits per heavy atom. The van der Waals surface area contributed by atoms with Crippen molar-refractivity contribution in [3.63, 3.8) is 0 Å².